The van der Waals surface area contributed by atoms with E-state index in [1.54, 1.807) is 11.8 Å². The van der Waals surface area contributed by atoms with Crippen LogP contribution in [0.4, 0.5) is 4.79 Å². The summed E-state index contributed by atoms with van der Waals surface area (Å²) in [5.41, 5.74) is 5.12. The molecule has 0 spiro atoms. The number of amides is 3. The van der Waals surface area contributed by atoms with E-state index < -0.39 is 18.2 Å². The zero-order valence-electron chi connectivity index (χ0n) is 11.9. The molecular formula is C13H25N3O3. The van der Waals surface area contributed by atoms with Crippen LogP contribution in [-0.4, -0.2) is 47.2 Å². The lowest BCUT2D eigenvalue weighted by atomic mass is 10.0. The van der Waals surface area contributed by atoms with E-state index in [-0.39, 0.29) is 17.7 Å². The number of hydrogen-bond donors (Lipinski definition) is 3. The number of carbonyl (C=O) groups excluding carboxylic acids is 2. The highest BCUT2D eigenvalue weighted by molar-refractivity contribution is 5.86. The first-order valence-corrected chi connectivity index (χ1v) is 6.84. The lowest BCUT2D eigenvalue weighted by Crippen LogP contribution is -2.50. The van der Waals surface area contributed by atoms with Crippen molar-refractivity contribution in [3.8, 4) is 0 Å². The Morgan fingerprint density at radius 3 is 2.47 bits per heavy atom. The molecule has 110 valence electrons. The predicted molar refractivity (Wildman–Crippen MR) is 72.3 cm³/mol. The average molecular weight is 271 g/mol. The van der Waals surface area contributed by atoms with Gasteiger partial charge in [-0.3, -0.25) is 4.79 Å². The Bertz CT molecular complexity index is 331. The second kappa shape index (κ2) is 6.75. The molecule has 0 saturated carbocycles. The molecule has 4 N–H and O–H groups in total. The highest BCUT2D eigenvalue weighted by Crippen LogP contribution is 2.21. The van der Waals surface area contributed by atoms with E-state index in [0.29, 0.717) is 19.5 Å². The van der Waals surface area contributed by atoms with Crippen LogP contribution in [-0.2, 0) is 4.79 Å². The van der Waals surface area contributed by atoms with Crippen LogP contribution in [0.1, 0.15) is 33.6 Å². The molecule has 1 aliphatic heterocycles. The summed E-state index contributed by atoms with van der Waals surface area (Å²) in [6, 6.07) is -1.24. The molecule has 6 heteroatoms. The summed E-state index contributed by atoms with van der Waals surface area (Å²) in [6.07, 6.45) is 0.955. The van der Waals surface area contributed by atoms with Crippen LogP contribution in [0.3, 0.4) is 0 Å². The van der Waals surface area contributed by atoms with Crippen LogP contribution in [0.5, 0.6) is 0 Å². The summed E-state index contributed by atoms with van der Waals surface area (Å²) < 4.78 is 0. The van der Waals surface area contributed by atoms with Crippen molar-refractivity contribution in [2.24, 2.45) is 17.6 Å². The smallest absolute Gasteiger partial charge is 0.312 e. The van der Waals surface area contributed by atoms with E-state index in [0.717, 1.165) is 6.42 Å². The van der Waals surface area contributed by atoms with Gasteiger partial charge in [0.05, 0.1) is 6.10 Å². The van der Waals surface area contributed by atoms with Crippen LogP contribution >= 0.6 is 0 Å². The van der Waals surface area contributed by atoms with Gasteiger partial charge in [-0.05, 0) is 25.7 Å². The number of carbonyl (C=O) groups is 2. The molecule has 3 unspecified atom stereocenters. The molecule has 1 fully saturated rings. The Kier molecular flexibility index (Phi) is 5.60. The van der Waals surface area contributed by atoms with Gasteiger partial charge in [-0.2, -0.15) is 0 Å². The largest absolute Gasteiger partial charge is 0.393 e. The van der Waals surface area contributed by atoms with Crippen LogP contribution in [0.2, 0.25) is 0 Å². The molecule has 1 saturated heterocycles. The van der Waals surface area contributed by atoms with E-state index >= 15 is 0 Å². The Morgan fingerprint density at radius 2 is 2.05 bits per heavy atom. The van der Waals surface area contributed by atoms with Gasteiger partial charge in [0, 0.05) is 19.0 Å². The zero-order valence-corrected chi connectivity index (χ0v) is 11.9. The van der Waals surface area contributed by atoms with E-state index in [2.05, 4.69) is 5.32 Å². The van der Waals surface area contributed by atoms with Crippen molar-refractivity contribution < 1.29 is 14.7 Å². The minimum Gasteiger partial charge on any atom is -0.393 e. The molecule has 1 aliphatic rings. The fourth-order valence-electron chi connectivity index (χ4n) is 2.47. The number of nitrogens with zero attached hydrogens (tertiary/aromatic N) is 1. The normalized spacial score (nSPS) is 22.4. The number of nitrogens with one attached hydrogen (secondary N) is 1. The third kappa shape index (κ3) is 4.70. The minimum atomic E-state index is -0.676. The Hall–Kier alpha value is -1.30. The Morgan fingerprint density at radius 1 is 1.42 bits per heavy atom. The second-order valence-electron chi connectivity index (χ2n) is 5.76. The van der Waals surface area contributed by atoms with Crippen LogP contribution < -0.4 is 11.1 Å². The molecule has 0 aromatic rings. The maximum absolute atomic E-state index is 12.4. The topological polar surface area (TPSA) is 95.7 Å². The van der Waals surface area contributed by atoms with Crippen molar-refractivity contribution in [3.63, 3.8) is 0 Å². The number of aliphatic hydroxyl groups is 1. The maximum atomic E-state index is 12.4. The van der Waals surface area contributed by atoms with E-state index in [9.17, 15) is 14.7 Å². The third-order valence-corrected chi connectivity index (χ3v) is 3.54. The number of primary amides is 1. The summed E-state index contributed by atoms with van der Waals surface area (Å²) in [4.78, 5) is 25.1. The molecule has 6 nitrogen and oxygen atoms in total. The SMILES string of the molecule is CC(C)CC(NC(N)=O)C(=O)N1CCC(C(C)O)C1. The molecule has 0 aliphatic carbocycles. The average Bonchev–Trinajstić information content (AvgIpc) is 2.75. The van der Waals surface area contributed by atoms with E-state index in [1.165, 1.54) is 0 Å². The van der Waals surface area contributed by atoms with Gasteiger partial charge in [-0.15, -0.1) is 0 Å². The monoisotopic (exact) mass is 271 g/mol. The molecule has 3 amide bonds. The molecule has 0 radical (unpaired) electrons. The predicted octanol–water partition coefficient (Wildman–Crippen LogP) is 0.299. The third-order valence-electron chi connectivity index (χ3n) is 3.54. The van der Waals surface area contributed by atoms with Crippen molar-refractivity contribution in [3.05, 3.63) is 0 Å². The molecular weight excluding hydrogens is 246 g/mol. The Labute approximate surface area is 114 Å². The van der Waals surface area contributed by atoms with Crippen molar-refractivity contribution in [2.75, 3.05) is 13.1 Å². The highest BCUT2D eigenvalue weighted by atomic mass is 16.3. The lowest BCUT2D eigenvalue weighted by Gasteiger charge is -2.25. The molecule has 1 heterocycles. The van der Waals surface area contributed by atoms with Crippen molar-refractivity contribution in [2.45, 2.75) is 45.8 Å². The standard InChI is InChI=1S/C13H25N3O3/c1-8(2)6-11(15-13(14)19)12(18)16-5-4-10(7-16)9(3)17/h8-11,17H,4-7H2,1-3H3,(H3,14,15,19). The number of urea groups is 1. The second-order valence-corrected chi connectivity index (χ2v) is 5.76. The molecule has 0 aromatic carbocycles. The van der Waals surface area contributed by atoms with Gasteiger partial charge in [-0.1, -0.05) is 13.8 Å². The molecule has 0 aromatic heterocycles. The van der Waals surface area contributed by atoms with Crippen molar-refractivity contribution in [1.29, 1.82) is 0 Å². The number of nitrogens with two attached hydrogens (primary N) is 1. The number of aliphatic hydroxyl groups excluding tert-OH is 1. The summed E-state index contributed by atoms with van der Waals surface area (Å²) >= 11 is 0. The maximum Gasteiger partial charge on any atom is 0.312 e. The Balaban J connectivity index is 2.63. The first-order chi connectivity index (χ1) is 8.81. The highest BCUT2D eigenvalue weighted by Gasteiger charge is 2.33. The molecule has 3 atom stereocenters. The molecule has 19 heavy (non-hydrogen) atoms. The van der Waals surface area contributed by atoms with Gasteiger partial charge in [0.2, 0.25) is 5.91 Å². The zero-order chi connectivity index (χ0) is 14.6. The molecule has 1 rings (SSSR count). The van der Waals surface area contributed by atoms with Crippen LogP contribution in [0.15, 0.2) is 0 Å². The number of likely N-dealkylation sites (tertiary alicyclic amines) is 1. The first-order valence-electron chi connectivity index (χ1n) is 6.84. The first kappa shape index (κ1) is 15.8. The van der Waals surface area contributed by atoms with Gasteiger partial charge in [0.15, 0.2) is 0 Å². The minimum absolute atomic E-state index is 0.101. The van der Waals surface area contributed by atoms with Gasteiger partial charge in [0.25, 0.3) is 0 Å². The van der Waals surface area contributed by atoms with Gasteiger partial charge < -0.3 is 21.1 Å². The fourth-order valence-corrected chi connectivity index (χ4v) is 2.47. The summed E-state index contributed by atoms with van der Waals surface area (Å²) in [5.74, 6) is 0.309. The van der Waals surface area contributed by atoms with Gasteiger partial charge in [-0.25, -0.2) is 4.79 Å². The lowest BCUT2D eigenvalue weighted by molar-refractivity contribution is -0.132. The summed E-state index contributed by atoms with van der Waals surface area (Å²) in [5, 5.41) is 12.1. The van der Waals surface area contributed by atoms with Crippen LogP contribution in [0, 0.1) is 11.8 Å². The molecule has 0 bridgehead atoms. The van der Waals surface area contributed by atoms with E-state index in [1.807, 2.05) is 13.8 Å². The van der Waals surface area contributed by atoms with Crippen molar-refractivity contribution >= 4 is 11.9 Å². The summed E-state index contributed by atoms with van der Waals surface area (Å²) in [7, 11) is 0. The van der Waals surface area contributed by atoms with Gasteiger partial charge in [0.1, 0.15) is 6.04 Å². The van der Waals surface area contributed by atoms with Crippen LogP contribution in [0.25, 0.3) is 0 Å². The number of rotatable bonds is 5. The number of hydrogen-bond acceptors (Lipinski definition) is 3. The van der Waals surface area contributed by atoms with Gasteiger partial charge >= 0.3 is 6.03 Å². The quantitative estimate of drug-likeness (QED) is 0.671. The van der Waals surface area contributed by atoms with Crippen molar-refractivity contribution in [1.82, 2.24) is 10.2 Å². The van der Waals surface area contributed by atoms with E-state index in [4.69, 9.17) is 5.73 Å². The fraction of sp³-hybridized carbons (Fsp3) is 0.846. The summed E-state index contributed by atoms with van der Waals surface area (Å²) in [6.45, 7) is 6.90.